The second-order valence-corrected chi connectivity index (χ2v) is 6.66. The lowest BCUT2D eigenvalue weighted by Crippen LogP contribution is -2.18. The summed E-state index contributed by atoms with van der Waals surface area (Å²) in [5.41, 5.74) is 1.21. The maximum absolute atomic E-state index is 5.63. The first-order chi connectivity index (χ1) is 9.24. The van der Waals surface area contributed by atoms with Gasteiger partial charge < -0.3 is 10.1 Å². The van der Waals surface area contributed by atoms with E-state index < -0.39 is 0 Å². The molecule has 0 atom stereocenters. The van der Waals surface area contributed by atoms with E-state index in [0.29, 0.717) is 6.61 Å². The number of nitrogens with one attached hydrogen (secondary N) is 1. The van der Waals surface area contributed by atoms with Gasteiger partial charge >= 0.3 is 0 Å². The van der Waals surface area contributed by atoms with Crippen LogP contribution in [0.2, 0.25) is 0 Å². The van der Waals surface area contributed by atoms with Crippen LogP contribution in [0.4, 0.5) is 0 Å². The lowest BCUT2D eigenvalue weighted by Gasteiger charge is -2.05. The largest absolute Gasteiger partial charge is 0.375 e. The Morgan fingerprint density at radius 1 is 1.16 bits per heavy atom. The van der Waals surface area contributed by atoms with Crippen LogP contribution in [0.15, 0.2) is 40.9 Å². The highest BCUT2D eigenvalue weighted by molar-refractivity contribution is 9.10. The number of benzene rings is 1. The first-order valence-electron chi connectivity index (χ1n) is 6.32. The van der Waals surface area contributed by atoms with Crippen LogP contribution in [0.25, 0.3) is 0 Å². The van der Waals surface area contributed by atoms with Gasteiger partial charge in [-0.25, -0.2) is 0 Å². The van der Waals surface area contributed by atoms with E-state index >= 15 is 0 Å². The molecule has 0 aliphatic carbocycles. The summed E-state index contributed by atoms with van der Waals surface area (Å²) in [5.74, 6) is 0. The fourth-order valence-electron chi connectivity index (χ4n) is 1.71. The predicted molar refractivity (Wildman–Crippen MR) is 84.6 cm³/mol. The van der Waals surface area contributed by atoms with Crippen molar-refractivity contribution < 1.29 is 4.74 Å². The Bertz CT molecular complexity index is 495. The maximum atomic E-state index is 5.63. The zero-order valence-corrected chi connectivity index (χ0v) is 13.4. The Morgan fingerprint density at radius 3 is 2.63 bits per heavy atom. The third-order valence-corrected chi connectivity index (χ3v) is 4.23. The number of thiophene rings is 1. The van der Waals surface area contributed by atoms with Crippen LogP contribution in [0.5, 0.6) is 0 Å². The van der Waals surface area contributed by atoms with E-state index in [1.165, 1.54) is 15.3 Å². The predicted octanol–water partition coefficient (Wildman–Crippen LogP) is 4.13. The summed E-state index contributed by atoms with van der Waals surface area (Å²) in [5, 5.41) is 3.39. The molecule has 1 aromatic heterocycles. The van der Waals surface area contributed by atoms with E-state index in [9.17, 15) is 0 Å². The molecule has 0 fully saturated rings. The number of aryl methyl sites for hydroxylation is 1. The minimum atomic E-state index is 0.674. The molecule has 2 nitrogen and oxygen atoms in total. The Kier molecular flexibility index (Phi) is 6.04. The molecule has 1 aromatic carbocycles. The van der Waals surface area contributed by atoms with E-state index in [2.05, 4.69) is 52.4 Å². The van der Waals surface area contributed by atoms with Gasteiger partial charge in [-0.1, -0.05) is 28.1 Å². The molecule has 0 saturated heterocycles. The second kappa shape index (κ2) is 7.80. The summed E-state index contributed by atoms with van der Waals surface area (Å²) in [7, 11) is 0. The van der Waals surface area contributed by atoms with Gasteiger partial charge in [0.25, 0.3) is 0 Å². The first-order valence-corrected chi connectivity index (χ1v) is 7.93. The first kappa shape index (κ1) is 14.7. The summed E-state index contributed by atoms with van der Waals surface area (Å²) in [6, 6.07) is 12.6. The van der Waals surface area contributed by atoms with Gasteiger partial charge in [0.1, 0.15) is 0 Å². The quantitative estimate of drug-likeness (QED) is 0.766. The molecule has 1 heterocycles. The number of halogens is 1. The second-order valence-electron chi connectivity index (χ2n) is 4.37. The standard InChI is InChI=1S/C15H18BrNOS/c1-12-2-7-15(19-12)10-17-8-9-18-11-13-3-5-14(16)6-4-13/h2-7,17H,8-11H2,1H3. The van der Waals surface area contributed by atoms with Crippen LogP contribution in [0.3, 0.4) is 0 Å². The van der Waals surface area contributed by atoms with E-state index in [1.807, 2.05) is 23.5 Å². The van der Waals surface area contributed by atoms with Crippen molar-refractivity contribution in [1.29, 1.82) is 0 Å². The Morgan fingerprint density at radius 2 is 1.95 bits per heavy atom. The molecular formula is C15H18BrNOS. The van der Waals surface area contributed by atoms with Crippen molar-refractivity contribution in [3.05, 3.63) is 56.2 Å². The Labute approximate surface area is 126 Å². The molecule has 0 spiro atoms. The minimum absolute atomic E-state index is 0.674. The molecule has 0 saturated carbocycles. The molecule has 2 aromatic rings. The number of rotatable bonds is 7. The molecule has 0 amide bonds. The van der Waals surface area contributed by atoms with E-state index in [1.54, 1.807) is 0 Å². The van der Waals surface area contributed by atoms with Crippen molar-refractivity contribution in [2.45, 2.75) is 20.1 Å². The van der Waals surface area contributed by atoms with Crippen LogP contribution >= 0.6 is 27.3 Å². The smallest absolute Gasteiger partial charge is 0.0717 e. The third-order valence-electron chi connectivity index (χ3n) is 2.70. The maximum Gasteiger partial charge on any atom is 0.0717 e. The molecule has 19 heavy (non-hydrogen) atoms. The van der Waals surface area contributed by atoms with Gasteiger partial charge in [0.2, 0.25) is 0 Å². The summed E-state index contributed by atoms with van der Waals surface area (Å²) in [4.78, 5) is 2.74. The van der Waals surface area contributed by atoms with Crippen molar-refractivity contribution in [2.24, 2.45) is 0 Å². The molecule has 0 aliphatic heterocycles. The third kappa shape index (κ3) is 5.45. The van der Waals surface area contributed by atoms with Crippen molar-refractivity contribution in [2.75, 3.05) is 13.2 Å². The van der Waals surface area contributed by atoms with Crippen molar-refractivity contribution in [3.8, 4) is 0 Å². The molecule has 4 heteroatoms. The lowest BCUT2D eigenvalue weighted by atomic mass is 10.2. The van der Waals surface area contributed by atoms with E-state index in [4.69, 9.17) is 4.74 Å². The Hall–Kier alpha value is -0.680. The highest BCUT2D eigenvalue weighted by Crippen LogP contribution is 2.14. The zero-order valence-electron chi connectivity index (χ0n) is 11.0. The van der Waals surface area contributed by atoms with Crippen LogP contribution in [-0.4, -0.2) is 13.2 Å². The summed E-state index contributed by atoms with van der Waals surface area (Å²) < 4.78 is 6.73. The topological polar surface area (TPSA) is 21.3 Å². The van der Waals surface area contributed by atoms with Gasteiger partial charge in [-0.2, -0.15) is 0 Å². The summed E-state index contributed by atoms with van der Waals surface area (Å²) >= 11 is 5.26. The van der Waals surface area contributed by atoms with Crippen molar-refractivity contribution in [1.82, 2.24) is 5.32 Å². The van der Waals surface area contributed by atoms with Gasteiger partial charge in [0.05, 0.1) is 13.2 Å². The van der Waals surface area contributed by atoms with E-state index in [-0.39, 0.29) is 0 Å². The fraction of sp³-hybridized carbons (Fsp3) is 0.333. The van der Waals surface area contributed by atoms with E-state index in [0.717, 1.165) is 24.2 Å². The SMILES string of the molecule is Cc1ccc(CNCCOCc2ccc(Br)cc2)s1. The summed E-state index contributed by atoms with van der Waals surface area (Å²) in [6.45, 7) is 5.36. The van der Waals surface area contributed by atoms with Gasteiger partial charge in [0.15, 0.2) is 0 Å². The number of hydrogen-bond acceptors (Lipinski definition) is 3. The van der Waals surface area contributed by atoms with Crippen LogP contribution in [0.1, 0.15) is 15.3 Å². The van der Waals surface area contributed by atoms with Gasteiger partial charge in [-0.3, -0.25) is 0 Å². The van der Waals surface area contributed by atoms with Gasteiger partial charge in [0, 0.05) is 27.3 Å². The fourth-order valence-corrected chi connectivity index (χ4v) is 2.83. The van der Waals surface area contributed by atoms with Gasteiger partial charge in [-0.15, -0.1) is 11.3 Å². The van der Waals surface area contributed by atoms with Crippen LogP contribution < -0.4 is 5.32 Å². The highest BCUT2D eigenvalue weighted by atomic mass is 79.9. The normalized spacial score (nSPS) is 10.8. The van der Waals surface area contributed by atoms with Gasteiger partial charge in [-0.05, 0) is 36.8 Å². The van der Waals surface area contributed by atoms with Crippen LogP contribution in [-0.2, 0) is 17.9 Å². The molecular weight excluding hydrogens is 322 g/mol. The molecule has 0 radical (unpaired) electrons. The molecule has 0 bridgehead atoms. The lowest BCUT2D eigenvalue weighted by molar-refractivity contribution is 0.122. The average molecular weight is 340 g/mol. The molecule has 0 unspecified atom stereocenters. The molecule has 2 rings (SSSR count). The highest BCUT2D eigenvalue weighted by Gasteiger charge is 1.96. The van der Waals surface area contributed by atoms with Crippen molar-refractivity contribution in [3.63, 3.8) is 0 Å². The monoisotopic (exact) mass is 339 g/mol. The zero-order chi connectivity index (χ0) is 13.5. The molecule has 102 valence electrons. The molecule has 0 aliphatic rings. The van der Waals surface area contributed by atoms with Crippen LogP contribution in [0, 0.1) is 6.92 Å². The number of hydrogen-bond donors (Lipinski definition) is 1. The summed E-state index contributed by atoms with van der Waals surface area (Å²) in [6.07, 6.45) is 0. The average Bonchev–Trinajstić information content (AvgIpc) is 2.81. The minimum Gasteiger partial charge on any atom is -0.375 e. The Balaban J connectivity index is 1.56. The number of ether oxygens (including phenoxy) is 1. The van der Waals surface area contributed by atoms with Crippen molar-refractivity contribution >= 4 is 27.3 Å². The molecule has 1 N–H and O–H groups in total.